The normalized spacial score (nSPS) is 17.6. The molecule has 0 bridgehead atoms. The van der Waals surface area contributed by atoms with Crippen LogP contribution >= 0.6 is 15.9 Å². The molecule has 88 valence electrons. The number of hydrogen-bond acceptors (Lipinski definition) is 1. The average molecular weight is 299 g/mol. The minimum Gasteiger partial charge on any atom is -0.295 e. The maximum atomic E-state index is 13.4. The van der Waals surface area contributed by atoms with Crippen LogP contribution in [-0.2, 0) is 4.79 Å². The van der Waals surface area contributed by atoms with Crippen LogP contribution in [0.4, 0.5) is 8.78 Å². The highest BCUT2D eigenvalue weighted by Gasteiger charge is 2.54. The molecule has 0 unspecified atom stereocenters. The standard InChI is InChI=1S/C13H9BrF2O/c1-8(17)2-7-11-12(13(11,15)16)9-3-5-10(14)6-4-9/h2-7H,1H3/b7-2+. The third-order valence-electron chi connectivity index (χ3n) is 2.48. The van der Waals surface area contributed by atoms with Crippen LogP contribution in [0.15, 0.2) is 46.5 Å². The van der Waals surface area contributed by atoms with Crippen molar-refractivity contribution in [3.8, 4) is 0 Å². The van der Waals surface area contributed by atoms with Crippen LogP contribution in [-0.4, -0.2) is 11.7 Å². The van der Waals surface area contributed by atoms with E-state index in [-0.39, 0.29) is 16.9 Å². The van der Waals surface area contributed by atoms with E-state index in [4.69, 9.17) is 0 Å². The van der Waals surface area contributed by atoms with Gasteiger partial charge >= 0.3 is 0 Å². The Morgan fingerprint density at radius 1 is 1.29 bits per heavy atom. The van der Waals surface area contributed by atoms with E-state index in [0.29, 0.717) is 5.56 Å². The molecule has 1 aliphatic rings. The molecule has 2 rings (SSSR count). The van der Waals surface area contributed by atoms with Crippen LogP contribution < -0.4 is 0 Å². The Morgan fingerprint density at radius 2 is 1.88 bits per heavy atom. The lowest BCUT2D eigenvalue weighted by Gasteiger charge is -1.97. The van der Waals surface area contributed by atoms with Gasteiger partial charge in [0.1, 0.15) is 0 Å². The van der Waals surface area contributed by atoms with Gasteiger partial charge in [-0.15, -0.1) is 0 Å². The molecule has 0 atom stereocenters. The lowest BCUT2D eigenvalue weighted by atomic mass is 10.2. The molecule has 4 heteroatoms. The molecule has 0 aromatic heterocycles. The molecule has 1 aromatic carbocycles. The van der Waals surface area contributed by atoms with Crippen molar-refractivity contribution in [3.63, 3.8) is 0 Å². The summed E-state index contributed by atoms with van der Waals surface area (Å²) < 4.78 is 27.7. The highest BCUT2D eigenvalue weighted by Crippen LogP contribution is 2.55. The van der Waals surface area contributed by atoms with Crippen LogP contribution in [0.3, 0.4) is 0 Å². The smallest absolute Gasteiger partial charge is 0.295 e. The number of hydrogen-bond donors (Lipinski definition) is 0. The van der Waals surface area contributed by atoms with Crippen molar-refractivity contribution >= 4 is 27.3 Å². The number of ketones is 1. The first kappa shape index (κ1) is 12.2. The van der Waals surface area contributed by atoms with E-state index < -0.39 is 5.92 Å². The van der Waals surface area contributed by atoms with Gasteiger partial charge in [-0.3, -0.25) is 4.79 Å². The Labute approximate surface area is 106 Å². The summed E-state index contributed by atoms with van der Waals surface area (Å²) in [5.74, 6) is -3.14. The molecule has 0 N–H and O–H groups in total. The van der Waals surface area contributed by atoms with E-state index in [1.807, 2.05) is 0 Å². The van der Waals surface area contributed by atoms with E-state index in [9.17, 15) is 13.6 Å². The minimum absolute atomic E-state index is 0.00231. The van der Waals surface area contributed by atoms with Crippen molar-refractivity contribution < 1.29 is 13.6 Å². The number of carbonyl (C=O) groups is 1. The molecular formula is C13H9BrF2O. The van der Waals surface area contributed by atoms with Gasteiger partial charge in [-0.2, -0.15) is 8.78 Å². The van der Waals surface area contributed by atoms with Crippen molar-refractivity contribution in [1.29, 1.82) is 0 Å². The van der Waals surface area contributed by atoms with Crippen molar-refractivity contribution in [2.24, 2.45) is 0 Å². The number of halogens is 3. The van der Waals surface area contributed by atoms with E-state index in [1.165, 1.54) is 13.0 Å². The van der Waals surface area contributed by atoms with Crippen molar-refractivity contribution in [1.82, 2.24) is 0 Å². The van der Waals surface area contributed by atoms with E-state index in [1.54, 1.807) is 24.3 Å². The lowest BCUT2D eigenvalue weighted by Crippen LogP contribution is -1.96. The largest absolute Gasteiger partial charge is 0.300 e. The molecular weight excluding hydrogens is 290 g/mol. The summed E-state index contributed by atoms with van der Waals surface area (Å²) in [6.45, 7) is 1.33. The fourth-order valence-electron chi connectivity index (χ4n) is 1.59. The second-order valence-corrected chi connectivity index (χ2v) is 4.73. The van der Waals surface area contributed by atoms with Gasteiger partial charge in [0.25, 0.3) is 5.92 Å². The molecule has 0 saturated heterocycles. The highest BCUT2D eigenvalue weighted by molar-refractivity contribution is 9.10. The Morgan fingerprint density at radius 3 is 2.41 bits per heavy atom. The first-order valence-electron chi connectivity index (χ1n) is 5.00. The van der Waals surface area contributed by atoms with Crippen LogP contribution in [0, 0.1) is 0 Å². The Balaban J connectivity index is 2.31. The first-order chi connectivity index (χ1) is 7.93. The number of rotatable bonds is 3. The number of allylic oxidation sites excluding steroid dienone is 4. The number of benzene rings is 1. The van der Waals surface area contributed by atoms with Crippen LogP contribution in [0.5, 0.6) is 0 Å². The van der Waals surface area contributed by atoms with Gasteiger partial charge < -0.3 is 0 Å². The minimum atomic E-state index is -2.90. The zero-order valence-electron chi connectivity index (χ0n) is 9.01. The van der Waals surface area contributed by atoms with Gasteiger partial charge in [-0.25, -0.2) is 0 Å². The van der Waals surface area contributed by atoms with Gasteiger partial charge in [0.05, 0.1) is 0 Å². The zero-order chi connectivity index (χ0) is 12.6. The van der Waals surface area contributed by atoms with Crippen molar-refractivity contribution in [2.75, 3.05) is 0 Å². The lowest BCUT2D eigenvalue weighted by molar-refractivity contribution is -0.112. The van der Waals surface area contributed by atoms with Crippen molar-refractivity contribution in [3.05, 3.63) is 52.0 Å². The predicted octanol–water partition coefficient (Wildman–Crippen LogP) is 4.00. The van der Waals surface area contributed by atoms with Gasteiger partial charge in [0, 0.05) is 15.6 Å². The molecule has 0 radical (unpaired) electrons. The summed E-state index contributed by atoms with van der Waals surface area (Å²) in [7, 11) is 0. The summed E-state index contributed by atoms with van der Waals surface area (Å²) >= 11 is 3.25. The molecule has 1 nitrogen and oxygen atoms in total. The van der Waals surface area contributed by atoms with Gasteiger partial charge in [-0.05, 0) is 36.8 Å². The molecule has 0 amide bonds. The summed E-state index contributed by atoms with van der Waals surface area (Å²) in [5.41, 5.74) is 0.416. The SMILES string of the molecule is CC(=O)/C=C/C1=C(c2ccc(Br)cc2)C1(F)F. The average Bonchev–Trinajstić information content (AvgIpc) is 2.79. The van der Waals surface area contributed by atoms with E-state index >= 15 is 0 Å². The molecule has 0 saturated carbocycles. The molecule has 0 spiro atoms. The van der Waals surface area contributed by atoms with Gasteiger partial charge in [0.15, 0.2) is 5.78 Å². The Bertz CT molecular complexity index is 527. The highest BCUT2D eigenvalue weighted by atomic mass is 79.9. The summed E-state index contributed by atoms with van der Waals surface area (Å²) in [5, 5.41) is 0. The fourth-order valence-corrected chi connectivity index (χ4v) is 1.86. The van der Waals surface area contributed by atoms with Crippen LogP contribution in [0.25, 0.3) is 5.57 Å². The second-order valence-electron chi connectivity index (χ2n) is 3.81. The van der Waals surface area contributed by atoms with Crippen LogP contribution in [0.2, 0.25) is 0 Å². The Kier molecular flexibility index (Phi) is 3.00. The Hall–Kier alpha value is -1.29. The third-order valence-corrected chi connectivity index (χ3v) is 3.01. The summed E-state index contributed by atoms with van der Waals surface area (Å²) in [6, 6.07) is 6.68. The van der Waals surface area contributed by atoms with Crippen LogP contribution in [0.1, 0.15) is 12.5 Å². The first-order valence-corrected chi connectivity index (χ1v) is 5.80. The summed E-state index contributed by atoms with van der Waals surface area (Å²) in [6.07, 6.45) is 2.36. The summed E-state index contributed by atoms with van der Waals surface area (Å²) in [4.78, 5) is 10.7. The molecule has 1 aromatic rings. The molecule has 0 aliphatic heterocycles. The zero-order valence-corrected chi connectivity index (χ0v) is 10.6. The number of alkyl halides is 2. The van der Waals surface area contributed by atoms with Gasteiger partial charge in [0.2, 0.25) is 0 Å². The molecule has 17 heavy (non-hydrogen) atoms. The quantitative estimate of drug-likeness (QED) is 0.771. The molecule has 1 aliphatic carbocycles. The number of carbonyl (C=O) groups excluding carboxylic acids is 1. The topological polar surface area (TPSA) is 17.1 Å². The fraction of sp³-hybridized carbons (Fsp3) is 0.154. The maximum absolute atomic E-state index is 13.4. The maximum Gasteiger partial charge on any atom is 0.300 e. The third kappa shape index (κ3) is 2.36. The molecule has 0 heterocycles. The second kappa shape index (κ2) is 4.18. The monoisotopic (exact) mass is 298 g/mol. The van der Waals surface area contributed by atoms with E-state index in [2.05, 4.69) is 15.9 Å². The molecule has 0 fully saturated rings. The van der Waals surface area contributed by atoms with E-state index in [0.717, 1.165) is 10.5 Å². The van der Waals surface area contributed by atoms with Gasteiger partial charge in [-0.1, -0.05) is 28.1 Å². The van der Waals surface area contributed by atoms with Crippen molar-refractivity contribution in [2.45, 2.75) is 12.8 Å². The predicted molar refractivity (Wildman–Crippen MR) is 65.8 cm³/mol.